The van der Waals surface area contributed by atoms with Gasteiger partial charge in [0.25, 0.3) is 0 Å². The number of carbonyl (C=O) groups is 2. The predicted octanol–water partition coefficient (Wildman–Crippen LogP) is 2.92. The summed E-state index contributed by atoms with van der Waals surface area (Å²) in [6.45, 7) is 6.26. The molecule has 0 N–H and O–H groups in total. The van der Waals surface area contributed by atoms with Crippen LogP contribution in [0.15, 0.2) is 24.3 Å². The van der Waals surface area contributed by atoms with Gasteiger partial charge in [-0.2, -0.15) is 0 Å². The zero-order valence-corrected chi connectivity index (χ0v) is 13.8. The van der Waals surface area contributed by atoms with Crippen molar-refractivity contribution < 1.29 is 14.3 Å². The number of fused-ring (bicyclic) bond motifs is 5. The van der Waals surface area contributed by atoms with Gasteiger partial charge in [0.1, 0.15) is 5.92 Å². The molecule has 1 aliphatic carbocycles. The summed E-state index contributed by atoms with van der Waals surface area (Å²) < 4.78 is 5.74. The molecule has 4 rings (SSSR count). The van der Waals surface area contributed by atoms with Crippen molar-refractivity contribution in [2.45, 2.75) is 51.7 Å². The largest absolute Gasteiger partial charge is 0.365 e. The van der Waals surface area contributed by atoms with Crippen LogP contribution in [0.25, 0.3) is 0 Å². The maximum Gasteiger partial charge on any atom is 0.154 e. The molecule has 3 nitrogen and oxygen atoms in total. The summed E-state index contributed by atoms with van der Waals surface area (Å²) in [6.07, 6.45) is 5.22. The Labute approximate surface area is 136 Å². The second-order valence-corrected chi connectivity index (χ2v) is 6.94. The molecule has 1 aromatic rings. The lowest BCUT2D eigenvalue weighted by Crippen LogP contribution is -2.26. The molecule has 3 aliphatic rings. The summed E-state index contributed by atoms with van der Waals surface area (Å²) in [6, 6.07) is 4.26. The summed E-state index contributed by atoms with van der Waals surface area (Å²) in [7, 11) is 0. The first-order valence-electron chi connectivity index (χ1n) is 8.60. The third-order valence-electron chi connectivity index (χ3n) is 5.67. The second kappa shape index (κ2) is 5.13. The summed E-state index contributed by atoms with van der Waals surface area (Å²) in [5, 5.41) is 0. The lowest BCUT2D eigenvalue weighted by atomic mass is 9.83. The number of Topliss-reactive ketones (excluding diaryl/α,β-unsaturated/α-hetero) is 2. The number of benzene rings is 1. The summed E-state index contributed by atoms with van der Waals surface area (Å²) in [5.74, 6) is -0.962. The van der Waals surface area contributed by atoms with Gasteiger partial charge in [0.05, 0.1) is 24.0 Å². The molecular weight excluding hydrogens is 288 g/mol. The minimum atomic E-state index is -0.579. The molecule has 2 heterocycles. The SMILES string of the molecule is CCc1cc(C)cc(CC)c1C1C(=O)[C@@H]2[C@H](C1=O)[C@H]1C=C[C@@H]2O1. The maximum atomic E-state index is 13.1. The van der Waals surface area contributed by atoms with Gasteiger partial charge in [0.15, 0.2) is 11.6 Å². The van der Waals surface area contributed by atoms with Crippen molar-refractivity contribution in [1.82, 2.24) is 0 Å². The van der Waals surface area contributed by atoms with Gasteiger partial charge in [-0.05, 0) is 36.5 Å². The number of carbonyl (C=O) groups excluding carboxylic acids is 2. The Bertz CT molecular complexity index is 675. The van der Waals surface area contributed by atoms with Crippen molar-refractivity contribution in [3.05, 3.63) is 46.5 Å². The van der Waals surface area contributed by atoms with Gasteiger partial charge >= 0.3 is 0 Å². The summed E-state index contributed by atoms with van der Waals surface area (Å²) >= 11 is 0. The Morgan fingerprint density at radius 2 is 1.39 bits per heavy atom. The fourth-order valence-corrected chi connectivity index (χ4v) is 4.70. The van der Waals surface area contributed by atoms with E-state index in [0.29, 0.717) is 0 Å². The van der Waals surface area contributed by atoms with Crippen LogP contribution >= 0.6 is 0 Å². The maximum absolute atomic E-state index is 13.1. The number of aryl methyl sites for hydroxylation is 3. The van der Waals surface area contributed by atoms with Crippen LogP contribution in [-0.2, 0) is 27.2 Å². The van der Waals surface area contributed by atoms with E-state index < -0.39 is 5.92 Å². The minimum Gasteiger partial charge on any atom is -0.365 e. The highest BCUT2D eigenvalue weighted by Gasteiger charge is 2.61. The van der Waals surface area contributed by atoms with Crippen LogP contribution in [0, 0.1) is 18.8 Å². The van der Waals surface area contributed by atoms with Gasteiger partial charge in [0, 0.05) is 0 Å². The average Bonchev–Trinajstić information content (AvgIpc) is 3.21. The number of rotatable bonds is 3. The predicted molar refractivity (Wildman–Crippen MR) is 87.5 cm³/mol. The number of ketones is 2. The Hall–Kier alpha value is -1.74. The van der Waals surface area contributed by atoms with Crippen LogP contribution in [0.4, 0.5) is 0 Å². The molecule has 1 aromatic carbocycles. The van der Waals surface area contributed by atoms with Gasteiger partial charge in [-0.25, -0.2) is 0 Å². The number of hydrogen-bond donors (Lipinski definition) is 0. The Morgan fingerprint density at radius 3 is 1.83 bits per heavy atom. The first-order valence-corrected chi connectivity index (χ1v) is 8.60. The molecule has 0 aromatic heterocycles. The molecule has 5 atom stereocenters. The Kier molecular flexibility index (Phi) is 3.31. The molecule has 0 radical (unpaired) electrons. The molecule has 0 amide bonds. The molecule has 23 heavy (non-hydrogen) atoms. The van der Waals surface area contributed by atoms with E-state index in [2.05, 4.69) is 32.9 Å². The van der Waals surface area contributed by atoms with Gasteiger partial charge in [-0.15, -0.1) is 0 Å². The van der Waals surface area contributed by atoms with Gasteiger partial charge in [0.2, 0.25) is 0 Å². The quantitative estimate of drug-likeness (QED) is 0.637. The topological polar surface area (TPSA) is 43.4 Å². The van der Waals surface area contributed by atoms with E-state index in [1.807, 2.05) is 12.2 Å². The van der Waals surface area contributed by atoms with Crippen LogP contribution in [0.1, 0.15) is 42.0 Å². The Balaban J connectivity index is 1.83. The molecule has 1 unspecified atom stereocenters. The van der Waals surface area contributed by atoms with E-state index in [1.165, 1.54) is 5.56 Å². The zero-order valence-electron chi connectivity index (χ0n) is 13.8. The fourth-order valence-electron chi connectivity index (χ4n) is 4.70. The third kappa shape index (κ3) is 1.92. The highest BCUT2D eigenvalue weighted by molar-refractivity contribution is 6.17. The van der Waals surface area contributed by atoms with E-state index >= 15 is 0 Å². The van der Waals surface area contributed by atoms with Crippen molar-refractivity contribution in [3.8, 4) is 0 Å². The monoisotopic (exact) mass is 310 g/mol. The second-order valence-electron chi connectivity index (χ2n) is 6.94. The molecule has 1 saturated heterocycles. The van der Waals surface area contributed by atoms with Gasteiger partial charge in [-0.3, -0.25) is 9.59 Å². The first kappa shape index (κ1) is 14.8. The molecule has 120 valence electrons. The van der Waals surface area contributed by atoms with E-state index in [0.717, 1.165) is 29.5 Å². The van der Waals surface area contributed by atoms with Crippen LogP contribution in [0.2, 0.25) is 0 Å². The van der Waals surface area contributed by atoms with Crippen LogP contribution < -0.4 is 0 Å². The lowest BCUT2D eigenvalue weighted by molar-refractivity contribution is -0.127. The molecule has 1 saturated carbocycles. The van der Waals surface area contributed by atoms with E-state index in [1.54, 1.807) is 0 Å². The summed E-state index contributed by atoms with van der Waals surface area (Å²) in [4.78, 5) is 26.1. The molecule has 0 spiro atoms. The van der Waals surface area contributed by atoms with Crippen molar-refractivity contribution in [2.24, 2.45) is 11.8 Å². The van der Waals surface area contributed by atoms with Crippen molar-refractivity contribution >= 4 is 11.6 Å². The fraction of sp³-hybridized carbons (Fsp3) is 0.500. The van der Waals surface area contributed by atoms with Crippen molar-refractivity contribution in [3.63, 3.8) is 0 Å². The number of ether oxygens (including phenoxy) is 1. The van der Waals surface area contributed by atoms with E-state index in [9.17, 15) is 9.59 Å². The Morgan fingerprint density at radius 1 is 0.913 bits per heavy atom. The van der Waals surface area contributed by atoms with Gasteiger partial charge in [-0.1, -0.05) is 43.7 Å². The zero-order chi connectivity index (χ0) is 16.3. The normalized spacial score (nSPS) is 34.5. The molecule has 2 fully saturated rings. The third-order valence-corrected chi connectivity index (χ3v) is 5.67. The minimum absolute atomic E-state index is 0.0742. The highest BCUT2D eigenvalue weighted by Crippen LogP contribution is 2.50. The first-order chi connectivity index (χ1) is 11.1. The van der Waals surface area contributed by atoms with Crippen LogP contribution in [0.3, 0.4) is 0 Å². The molecule has 2 bridgehead atoms. The van der Waals surface area contributed by atoms with Crippen LogP contribution in [-0.4, -0.2) is 23.8 Å². The molecular formula is C20H22O3. The van der Waals surface area contributed by atoms with Gasteiger partial charge < -0.3 is 4.74 Å². The van der Waals surface area contributed by atoms with Crippen molar-refractivity contribution in [2.75, 3.05) is 0 Å². The van der Waals surface area contributed by atoms with Crippen molar-refractivity contribution in [1.29, 1.82) is 0 Å². The lowest BCUT2D eigenvalue weighted by Gasteiger charge is -2.20. The number of hydrogen-bond acceptors (Lipinski definition) is 3. The smallest absolute Gasteiger partial charge is 0.154 e. The highest BCUT2D eigenvalue weighted by atomic mass is 16.5. The summed E-state index contributed by atoms with van der Waals surface area (Å²) in [5.41, 5.74) is 4.49. The van der Waals surface area contributed by atoms with E-state index in [-0.39, 0.29) is 35.6 Å². The molecule has 3 heteroatoms. The standard InChI is InChI=1S/C20H22O3/c1-4-11-8-10(3)9-12(5-2)15(11)18-19(21)16-13-6-7-14(23-13)17(16)20(18)22/h6-9,13-14,16-18H,4-5H2,1-3H3/t13-,14+,16-,17+,18?. The average molecular weight is 310 g/mol. The van der Waals surface area contributed by atoms with E-state index in [4.69, 9.17) is 4.74 Å². The van der Waals surface area contributed by atoms with Crippen LogP contribution in [0.5, 0.6) is 0 Å². The molecule has 2 aliphatic heterocycles.